The molecular formula is C13H22N2O3S. The molecule has 1 atom stereocenters. The minimum atomic E-state index is -3.59. The molecule has 0 aliphatic heterocycles. The fourth-order valence-electron chi connectivity index (χ4n) is 1.77. The third-order valence-electron chi connectivity index (χ3n) is 2.79. The van der Waals surface area contributed by atoms with Gasteiger partial charge in [0.25, 0.3) is 0 Å². The second-order valence-corrected chi connectivity index (χ2v) is 6.27. The van der Waals surface area contributed by atoms with E-state index in [1.165, 1.54) is 12.1 Å². The van der Waals surface area contributed by atoms with Crippen molar-refractivity contribution in [1.82, 2.24) is 5.32 Å². The average molecular weight is 286 g/mol. The molecule has 1 rings (SSSR count). The summed E-state index contributed by atoms with van der Waals surface area (Å²) in [5.41, 5.74) is 1.08. The quantitative estimate of drug-likeness (QED) is 0.691. The lowest BCUT2D eigenvalue weighted by Gasteiger charge is -2.11. The van der Waals surface area contributed by atoms with E-state index in [4.69, 9.17) is 9.88 Å². The summed E-state index contributed by atoms with van der Waals surface area (Å²) in [7, 11) is -1.89. The van der Waals surface area contributed by atoms with Crippen LogP contribution >= 0.6 is 0 Å². The Morgan fingerprint density at radius 3 is 2.47 bits per heavy atom. The summed E-state index contributed by atoms with van der Waals surface area (Å²) >= 11 is 0. The lowest BCUT2D eigenvalue weighted by molar-refractivity contribution is 0.158. The topological polar surface area (TPSA) is 81.4 Å². The molecule has 5 nitrogen and oxygen atoms in total. The molecule has 1 aromatic rings. The molecule has 0 fully saturated rings. The van der Waals surface area contributed by atoms with Crippen LogP contribution in [0.4, 0.5) is 0 Å². The van der Waals surface area contributed by atoms with Gasteiger partial charge in [-0.15, -0.1) is 0 Å². The number of hydrogen-bond acceptors (Lipinski definition) is 4. The van der Waals surface area contributed by atoms with Crippen LogP contribution in [0.2, 0.25) is 0 Å². The van der Waals surface area contributed by atoms with E-state index in [1.54, 1.807) is 19.2 Å². The number of rotatable bonds is 8. The number of nitrogens with two attached hydrogens (primary N) is 1. The van der Waals surface area contributed by atoms with Crippen LogP contribution in [0, 0.1) is 5.92 Å². The summed E-state index contributed by atoms with van der Waals surface area (Å²) in [6.45, 7) is 4.62. The Kier molecular flexibility index (Phi) is 6.44. The van der Waals surface area contributed by atoms with Crippen molar-refractivity contribution >= 4 is 10.0 Å². The van der Waals surface area contributed by atoms with E-state index in [9.17, 15) is 8.42 Å². The van der Waals surface area contributed by atoms with Gasteiger partial charge in [0.1, 0.15) is 0 Å². The van der Waals surface area contributed by atoms with Gasteiger partial charge in [-0.2, -0.15) is 0 Å². The van der Waals surface area contributed by atoms with E-state index in [0.29, 0.717) is 5.92 Å². The molecule has 0 aliphatic carbocycles. The van der Waals surface area contributed by atoms with E-state index in [0.717, 1.165) is 31.7 Å². The number of hydrogen-bond donors (Lipinski definition) is 2. The lowest BCUT2D eigenvalue weighted by Crippen LogP contribution is -2.25. The Bertz CT molecular complexity index is 471. The maximum Gasteiger partial charge on any atom is 0.238 e. The number of sulfonamides is 1. The molecule has 0 bridgehead atoms. The van der Waals surface area contributed by atoms with Crippen LogP contribution in [0.15, 0.2) is 29.2 Å². The van der Waals surface area contributed by atoms with Crippen LogP contribution in [-0.2, 0) is 21.2 Å². The number of benzene rings is 1. The van der Waals surface area contributed by atoms with Gasteiger partial charge in [-0.25, -0.2) is 13.6 Å². The summed E-state index contributed by atoms with van der Waals surface area (Å²) in [4.78, 5) is 0.151. The third-order valence-corrected chi connectivity index (χ3v) is 3.72. The first-order valence-electron chi connectivity index (χ1n) is 6.25. The Hall–Kier alpha value is -0.950. The summed E-state index contributed by atoms with van der Waals surface area (Å²) in [5, 5.41) is 8.38. The van der Waals surface area contributed by atoms with Crippen LogP contribution in [0.25, 0.3) is 0 Å². The van der Waals surface area contributed by atoms with Gasteiger partial charge in [0.15, 0.2) is 0 Å². The number of ether oxygens (including phenoxy) is 1. The predicted octanol–water partition coefficient (Wildman–Crippen LogP) is 0.749. The predicted molar refractivity (Wildman–Crippen MR) is 75.4 cm³/mol. The average Bonchev–Trinajstić information content (AvgIpc) is 2.34. The molecule has 0 heterocycles. The lowest BCUT2D eigenvalue weighted by atomic mass is 10.1. The number of primary sulfonamides is 1. The number of nitrogens with one attached hydrogen (secondary N) is 1. The van der Waals surface area contributed by atoms with Crippen molar-refractivity contribution in [2.45, 2.75) is 18.2 Å². The molecule has 0 saturated heterocycles. The molecule has 0 amide bonds. The minimum Gasteiger partial charge on any atom is -0.384 e. The fraction of sp³-hybridized carbons (Fsp3) is 0.538. The van der Waals surface area contributed by atoms with Crippen molar-refractivity contribution < 1.29 is 13.2 Å². The van der Waals surface area contributed by atoms with Gasteiger partial charge in [0, 0.05) is 13.7 Å². The molecule has 1 aromatic carbocycles. The molecular weight excluding hydrogens is 264 g/mol. The van der Waals surface area contributed by atoms with Crippen LogP contribution in [0.3, 0.4) is 0 Å². The minimum absolute atomic E-state index is 0.151. The Morgan fingerprint density at radius 2 is 1.95 bits per heavy atom. The van der Waals surface area contributed by atoms with Crippen LogP contribution in [-0.4, -0.2) is 35.2 Å². The largest absolute Gasteiger partial charge is 0.384 e. The highest BCUT2D eigenvalue weighted by atomic mass is 32.2. The normalized spacial score (nSPS) is 13.4. The molecule has 0 saturated carbocycles. The van der Waals surface area contributed by atoms with Gasteiger partial charge in [-0.3, -0.25) is 0 Å². The van der Waals surface area contributed by atoms with Gasteiger partial charge < -0.3 is 10.1 Å². The molecule has 3 N–H and O–H groups in total. The van der Waals surface area contributed by atoms with Gasteiger partial charge in [-0.1, -0.05) is 19.1 Å². The first-order chi connectivity index (χ1) is 8.93. The van der Waals surface area contributed by atoms with Crippen molar-refractivity contribution in [3.8, 4) is 0 Å². The van der Waals surface area contributed by atoms with E-state index in [1.807, 2.05) is 0 Å². The maximum absolute atomic E-state index is 11.1. The standard InChI is InChI=1S/C13H22N2O3S/c1-11(10-18-2)9-15-8-7-12-3-5-13(6-4-12)19(14,16)17/h3-6,11,15H,7-10H2,1-2H3,(H2,14,16,17). The van der Waals surface area contributed by atoms with E-state index in [-0.39, 0.29) is 4.90 Å². The van der Waals surface area contributed by atoms with Crippen LogP contribution in [0.5, 0.6) is 0 Å². The van der Waals surface area contributed by atoms with Gasteiger partial charge in [0.05, 0.1) is 4.90 Å². The Balaban J connectivity index is 2.35. The van der Waals surface area contributed by atoms with Gasteiger partial charge in [0.2, 0.25) is 10.0 Å². The number of methoxy groups -OCH3 is 1. The van der Waals surface area contributed by atoms with Gasteiger partial charge in [-0.05, 0) is 43.1 Å². The molecule has 0 aliphatic rings. The van der Waals surface area contributed by atoms with Gasteiger partial charge >= 0.3 is 0 Å². The summed E-state index contributed by atoms with van der Waals surface area (Å²) in [5.74, 6) is 0.481. The summed E-state index contributed by atoms with van der Waals surface area (Å²) < 4.78 is 27.2. The molecule has 0 spiro atoms. The molecule has 0 radical (unpaired) electrons. The zero-order chi connectivity index (χ0) is 14.3. The maximum atomic E-state index is 11.1. The molecule has 6 heteroatoms. The first-order valence-corrected chi connectivity index (χ1v) is 7.79. The zero-order valence-corrected chi connectivity index (χ0v) is 12.2. The summed E-state index contributed by atoms with van der Waals surface area (Å²) in [6.07, 6.45) is 0.852. The smallest absolute Gasteiger partial charge is 0.238 e. The Labute approximate surface area is 115 Å². The zero-order valence-electron chi connectivity index (χ0n) is 11.4. The second-order valence-electron chi connectivity index (χ2n) is 4.70. The van der Waals surface area contributed by atoms with Crippen molar-refractivity contribution in [3.63, 3.8) is 0 Å². The highest BCUT2D eigenvalue weighted by Crippen LogP contribution is 2.08. The molecule has 0 aromatic heterocycles. The highest BCUT2D eigenvalue weighted by molar-refractivity contribution is 7.89. The Morgan fingerprint density at radius 1 is 1.32 bits per heavy atom. The second kappa shape index (κ2) is 7.59. The molecule has 19 heavy (non-hydrogen) atoms. The molecule has 1 unspecified atom stereocenters. The third kappa shape index (κ3) is 6.15. The van der Waals surface area contributed by atoms with Crippen molar-refractivity contribution in [2.75, 3.05) is 26.8 Å². The molecule has 108 valence electrons. The summed E-state index contributed by atoms with van der Waals surface area (Å²) in [6, 6.07) is 6.66. The van der Waals surface area contributed by atoms with Crippen LogP contribution in [0.1, 0.15) is 12.5 Å². The highest BCUT2D eigenvalue weighted by Gasteiger charge is 2.06. The van der Waals surface area contributed by atoms with Crippen LogP contribution < -0.4 is 10.5 Å². The van der Waals surface area contributed by atoms with Crippen molar-refractivity contribution in [2.24, 2.45) is 11.1 Å². The monoisotopic (exact) mass is 286 g/mol. The van der Waals surface area contributed by atoms with Crippen molar-refractivity contribution in [1.29, 1.82) is 0 Å². The fourth-order valence-corrected chi connectivity index (χ4v) is 2.29. The van der Waals surface area contributed by atoms with E-state index in [2.05, 4.69) is 12.2 Å². The van der Waals surface area contributed by atoms with E-state index < -0.39 is 10.0 Å². The van der Waals surface area contributed by atoms with E-state index >= 15 is 0 Å². The van der Waals surface area contributed by atoms with Crippen molar-refractivity contribution in [3.05, 3.63) is 29.8 Å². The first kappa shape index (κ1) is 16.1. The SMILES string of the molecule is COCC(C)CNCCc1ccc(S(N)(=O)=O)cc1.